The first kappa shape index (κ1) is 24.3. The molecule has 0 atom stereocenters. The second-order valence-electron chi connectivity index (χ2n) is 7.46. The standard InChI is InChI=1S/C23H25Cl2N3O3S/c24-17-9-10-20(19(25)15-17)31-13-5-8-21(29)27-23(32)26-18-7-4-6-16(14-18)22(30)28-11-2-1-3-12-28/h4,6-7,9-10,14-15H,1-3,5,8,11-13H2,(H2,26,27,29,32). The number of hydrogen-bond acceptors (Lipinski definition) is 4. The zero-order valence-corrected chi connectivity index (χ0v) is 19.9. The van der Waals surface area contributed by atoms with Crippen LogP contribution in [0.1, 0.15) is 42.5 Å². The van der Waals surface area contributed by atoms with Crippen LogP contribution >= 0.6 is 35.4 Å². The molecule has 9 heteroatoms. The lowest BCUT2D eigenvalue weighted by atomic mass is 10.1. The fourth-order valence-electron chi connectivity index (χ4n) is 3.37. The van der Waals surface area contributed by atoms with Gasteiger partial charge in [-0.1, -0.05) is 29.3 Å². The molecule has 2 aromatic rings. The number of piperidine rings is 1. The molecule has 3 rings (SSSR count). The lowest BCUT2D eigenvalue weighted by Gasteiger charge is -2.26. The fourth-order valence-corrected chi connectivity index (χ4v) is 4.06. The number of hydrogen-bond donors (Lipinski definition) is 2. The van der Waals surface area contributed by atoms with Gasteiger partial charge >= 0.3 is 0 Å². The third-order valence-electron chi connectivity index (χ3n) is 4.96. The minimum atomic E-state index is -0.228. The minimum absolute atomic E-state index is 0.0177. The number of carbonyl (C=O) groups excluding carboxylic acids is 2. The van der Waals surface area contributed by atoms with Gasteiger partial charge in [-0.15, -0.1) is 0 Å². The summed E-state index contributed by atoms with van der Waals surface area (Å²) >= 11 is 17.1. The Morgan fingerprint density at radius 3 is 2.59 bits per heavy atom. The Labute approximate surface area is 203 Å². The minimum Gasteiger partial charge on any atom is -0.492 e. The summed E-state index contributed by atoms with van der Waals surface area (Å²) in [5.74, 6) is 0.311. The van der Waals surface area contributed by atoms with Crippen molar-refractivity contribution in [2.24, 2.45) is 0 Å². The summed E-state index contributed by atoms with van der Waals surface area (Å²) in [5, 5.41) is 6.75. The van der Waals surface area contributed by atoms with Crippen LogP contribution in [0.5, 0.6) is 5.75 Å². The molecule has 170 valence electrons. The van der Waals surface area contributed by atoms with Gasteiger partial charge in [0.1, 0.15) is 5.75 Å². The predicted octanol–water partition coefficient (Wildman–Crippen LogP) is 5.29. The Kier molecular flexibility index (Phi) is 9.14. The van der Waals surface area contributed by atoms with Gasteiger partial charge in [-0.3, -0.25) is 9.59 Å². The number of halogens is 2. The van der Waals surface area contributed by atoms with Gasteiger partial charge in [0.2, 0.25) is 5.91 Å². The van der Waals surface area contributed by atoms with Gasteiger partial charge in [-0.2, -0.15) is 0 Å². The molecule has 0 radical (unpaired) electrons. The molecule has 6 nitrogen and oxygen atoms in total. The Bertz CT molecular complexity index is 981. The molecule has 0 unspecified atom stereocenters. The molecule has 2 N–H and O–H groups in total. The van der Waals surface area contributed by atoms with Gasteiger partial charge in [0.15, 0.2) is 5.11 Å². The zero-order valence-electron chi connectivity index (χ0n) is 17.5. The first-order valence-corrected chi connectivity index (χ1v) is 11.7. The van der Waals surface area contributed by atoms with Crippen molar-refractivity contribution in [2.45, 2.75) is 32.1 Å². The highest BCUT2D eigenvalue weighted by Crippen LogP contribution is 2.27. The van der Waals surface area contributed by atoms with E-state index in [2.05, 4.69) is 10.6 Å². The van der Waals surface area contributed by atoms with Crippen molar-refractivity contribution >= 4 is 58.0 Å². The average molecular weight is 494 g/mol. The van der Waals surface area contributed by atoms with Crippen LogP contribution < -0.4 is 15.4 Å². The highest BCUT2D eigenvalue weighted by atomic mass is 35.5. The van der Waals surface area contributed by atoms with Gasteiger partial charge in [0.25, 0.3) is 5.91 Å². The molecule has 1 aliphatic heterocycles. The normalized spacial score (nSPS) is 13.4. The smallest absolute Gasteiger partial charge is 0.253 e. The molecule has 1 aliphatic rings. The van der Waals surface area contributed by atoms with E-state index >= 15 is 0 Å². The molecule has 2 amide bonds. The van der Waals surface area contributed by atoms with Gasteiger partial charge < -0.3 is 20.3 Å². The van der Waals surface area contributed by atoms with Crippen molar-refractivity contribution in [1.29, 1.82) is 0 Å². The molecule has 1 fully saturated rings. The molecule has 0 bridgehead atoms. The number of carbonyl (C=O) groups is 2. The van der Waals surface area contributed by atoms with Crippen molar-refractivity contribution < 1.29 is 14.3 Å². The predicted molar refractivity (Wildman–Crippen MR) is 132 cm³/mol. The van der Waals surface area contributed by atoms with E-state index in [0.717, 1.165) is 25.9 Å². The number of likely N-dealkylation sites (tertiary alicyclic amines) is 1. The topological polar surface area (TPSA) is 70.7 Å². The average Bonchev–Trinajstić information content (AvgIpc) is 2.78. The zero-order chi connectivity index (χ0) is 22.9. The van der Waals surface area contributed by atoms with Crippen molar-refractivity contribution in [2.75, 3.05) is 25.0 Å². The summed E-state index contributed by atoms with van der Waals surface area (Å²) in [5.41, 5.74) is 1.25. The van der Waals surface area contributed by atoms with Crippen LogP contribution in [0.25, 0.3) is 0 Å². The number of rotatable bonds is 7. The summed E-state index contributed by atoms with van der Waals surface area (Å²) in [4.78, 5) is 26.7. The second kappa shape index (κ2) is 12.0. The number of benzene rings is 2. The lowest BCUT2D eigenvalue weighted by Crippen LogP contribution is -2.36. The highest BCUT2D eigenvalue weighted by Gasteiger charge is 2.18. The SMILES string of the molecule is O=C(CCCOc1ccc(Cl)cc1Cl)NC(=S)Nc1cccc(C(=O)N2CCCCC2)c1. The maximum atomic E-state index is 12.7. The van der Waals surface area contributed by atoms with E-state index in [-0.39, 0.29) is 23.3 Å². The summed E-state index contributed by atoms with van der Waals surface area (Å²) in [6.07, 6.45) is 3.98. The van der Waals surface area contributed by atoms with Crippen LogP contribution in [0.4, 0.5) is 5.69 Å². The molecule has 0 aromatic heterocycles. The first-order chi connectivity index (χ1) is 15.4. The van der Waals surface area contributed by atoms with Crippen LogP contribution in [0.3, 0.4) is 0 Å². The molecule has 1 heterocycles. The molecule has 32 heavy (non-hydrogen) atoms. The van der Waals surface area contributed by atoms with E-state index in [0.29, 0.717) is 40.1 Å². The summed E-state index contributed by atoms with van der Waals surface area (Å²) < 4.78 is 5.57. The molecule has 1 saturated heterocycles. The number of nitrogens with zero attached hydrogens (tertiary/aromatic N) is 1. The second-order valence-corrected chi connectivity index (χ2v) is 8.71. The van der Waals surface area contributed by atoms with E-state index in [1.54, 1.807) is 42.5 Å². The third-order valence-corrected chi connectivity index (χ3v) is 5.70. The van der Waals surface area contributed by atoms with E-state index in [1.165, 1.54) is 6.42 Å². The van der Waals surface area contributed by atoms with Crippen LogP contribution in [0.2, 0.25) is 10.0 Å². The van der Waals surface area contributed by atoms with Crippen molar-refractivity contribution in [3.63, 3.8) is 0 Å². The van der Waals surface area contributed by atoms with Crippen LogP contribution in [-0.2, 0) is 4.79 Å². The van der Waals surface area contributed by atoms with Gasteiger partial charge in [-0.25, -0.2) is 0 Å². The van der Waals surface area contributed by atoms with Gasteiger partial charge in [0.05, 0.1) is 11.6 Å². The van der Waals surface area contributed by atoms with Crippen LogP contribution in [0.15, 0.2) is 42.5 Å². The fraction of sp³-hybridized carbons (Fsp3) is 0.348. The van der Waals surface area contributed by atoms with E-state index in [1.807, 2.05) is 4.90 Å². The molecule has 0 aliphatic carbocycles. The van der Waals surface area contributed by atoms with Crippen LogP contribution in [0, 0.1) is 0 Å². The van der Waals surface area contributed by atoms with Crippen LogP contribution in [-0.4, -0.2) is 41.5 Å². The molecule has 2 aromatic carbocycles. The number of ether oxygens (including phenoxy) is 1. The molecular weight excluding hydrogens is 469 g/mol. The summed E-state index contributed by atoms with van der Waals surface area (Å²) in [6, 6.07) is 12.1. The van der Waals surface area contributed by atoms with E-state index in [4.69, 9.17) is 40.2 Å². The maximum absolute atomic E-state index is 12.7. The van der Waals surface area contributed by atoms with Gasteiger partial charge in [0, 0.05) is 35.8 Å². The van der Waals surface area contributed by atoms with Crippen molar-refractivity contribution in [1.82, 2.24) is 10.2 Å². The van der Waals surface area contributed by atoms with Gasteiger partial charge in [-0.05, 0) is 74.3 Å². The number of anilines is 1. The summed E-state index contributed by atoms with van der Waals surface area (Å²) in [6.45, 7) is 1.91. The monoisotopic (exact) mass is 493 g/mol. The Balaban J connectivity index is 1.41. The quantitative estimate of drug-likeness (QED) is 0.404. The summed E-state index contributed by atoms with van der Waals surface area (Å²) in [7, 11) is 0. The molecule has 0 saturated carbocycles. The first-order valence-electron chi connectivity index (χ1n) is 10.5. The third kappa shape index (κ3) is 7.36. The Hall–Kier alpha value is -2.35. The highest BCUT2D eigenvalue weighted by molar-refractivity contribution is 7.80. The Morgan fingerprint density at radius 1 is 1.06 bits per heavy atom. The maximum Gasteiger partial charge on any atom is 0.253 e. The number of thiocarbonyl (C=S) groups is 1. The van der Waals surface area contributed by atoms with Crippen molar-refractivity contribution in [3.8, 4) is 5.75 Å². The number of nitrogens with one attached hydrogen (secondary N) is 2. The van der Waals surface area contributed by atoms with Crippen molar-refractivity contribution in [3.05, 3.63) is 58.1 Å². The number of amides is 2. The Morgan fingerprint density at radius 2 is 1.84 bits per heavy atom. The lowest BCUT2D eigenvalue weighted by molar-refractivity contribution is -0.119. The molecule has 0 spiro atoms. The largest absolute Gasteiger partial charge is 0.492 e. The van der Waals surface area contributed by atoms with E-state index < -0.39 is 0 Å². The molecular formula is C23H25Cl2N3O3S. The van der Waals surface area contributed by atoms with E-state index in [9.17, 15) is 9.59 Å².